The van der Waals surface area contributed by atoms with E-state index in [0.29, 0.717) is 18.9 Å². The molecule has 0 aliphatic carbocycles. The van der Waals surface area contributed by atoms with E-state index in [1.54, 1.807) is 0 Å². The largest absolute Gasteiger partial charge is 0.507 e. The highest BCUT2D eigenvalue weighted by molar-refractivity contribution is 5.42. The molecule has 19 heavy (non-hydrogen) atoms. The molecule has 0 bridgehead atoms. The first-order valence-electron chi connectivity index (χ1n) is 6.34. The summed E-state index contributed by atoms with van der Waals surface area (Å²) in [7, 11) is 0. The molecule has 100 valence electrons. The maximum Gasteiger partial charge on any atom is 0.121 e. The molecule has 0 aliphatic heterocycles. The predicted molar refractivity (Wildman–Crippen MR) is 75.7 cm³/mol. The quantitative estimate of drug-likeness (QED) is 0.638. The van der Waals surface area contributed by atoms with Crippen LogP contribution in [0.25, 0.3) is 0 Å². The van der Waals surface area contributed by atoms with E-state index in [-0.39, 0.29) is 0 Å². The van der Waals surface area contributed by atoms with Crippen molar-refractivity contribution in [3.05, 3.63) is 64.7 Å². The zero-order valence-corrected chi connectivity index (χ0v) is 11.3. The zero-order chi connectivity index (χ0) is 13.7. The number of hydrogen-bond acceptors (Lipinski definition) is 3. The van der Waals surface area contributed by atoms with E-state index in [2.05, 4.69) is 5.48 Å². The normalized spacial score (nSPS) is 10.6. The van der Waals surface area contributed by atoms with Crippen molar-refractivity contribution in [2.75, 3.05) is 0 Å². The SMILES string of the molecule is Cc1cc(CNOCc2ccccc2)cc(C)c1O. The molecule has 0 radical (unpaired) electrons. The Morgan fingerprint density at radius 2 is 1.63 bits per heavy atom. The molecule has 0 spiro atoms. The van der Waals surface area contributed by atoms with Crippen LogP contribution in [0.3, 0.4) is 0 Å². The van der Waals surface area contributed by atoms with Crippen molar-refractivity contribution in [1.82, 2.24) is 5.48 Å². The van der Waals surface area contributed by atoms with Gasteiger partial charge in [0.25, 0.3) is 0 Å². The standard InChI is InChI=1S/C16H19NO2/c1-12-8-15(9-13(2)16(12)18)10-17-19-11-14-6-4-3-5-7-14/h3-9,17-18H,10-11H2,1-2H3. The summed E-state index contributed by atoms with van der Waals surface area (Å²) in [5, 5.41) is 9.70. The van der Waals surface area contributed by atoms with Crippen LogP contribution in [-0.2, 0) is 18.0 Å². The molecule has 3 nitrogen and oxygen atoms in total. The van der Waals surface area contributed by atoms with Crippen LogP contribution < -0.4 is 5.48 Å². The van der Waals surface area contributed by atoms with Gasteiger partial charge in [-0.3, -0.25) is 4.84 Å². The minimum Gasteiger partial charge on any atom is -0.507 e. The van der Waals surface area contributed by atoms with Gasteiger partial charge in [0, 0.05) is 6.54 Å². The molecule has 2 rings (SSSR count). The number of benzene rings is 2. The number of nitrogens with one attached hydrogen (secondary N) is 1. The van der Waals surface area contributed by atoms with E-state index in [0.717, 1.165) is 22.3 Å². The van der Waals surface area contributed by atoms with Crippen LogP contribution in [0.2, 0.25) is 0 Å². The Hall–Kier alpha value is -1.84. The van der Waals surface area contributed by atoms with Gasteiger partial charge in [0.05, 0.1) is 6.61 Å². The molecule has 0 aromatic heterocycles. The van der Waals surface area contributed by atoms with Crippen molar-refractivity contribution >= 4 is 0 Å². The molecule has 0 fully saturated rings. The molecule has 2 N–H and O–H groups in total. The second-order valence-electron chi connectivity index (χ2n) is 4.67. The fraction of sp³-hybridized carbons (Fsp3) is 0.250. The van der Waals surface area contributed by atoms with Crippen LogP contribution in [0.5, 0.6) is 5.75 Å². The third-order valence-corrected chi connectivity index (χ3v) is 3.01. The number of rotatable bonds is 5. The molecule has 0 atom stereocenters. The lowest BCUT2D eigenvalue weighted by Gasteiger charge is -2.09. The highest BCUT2D eigenvalue weighted by Crippen LogP contribution is 2.22. The van der Waals surface area contributed by atoms with Gasteiger partial charge < -0.3 is 5.11 Å². The maximum atomic E-state index is 9.70. The van der Waals surface area contributed by atoms with Crippen LogP contribution in [0.4, 0.5) is 0 Å². The lowest BCUT2D eigenvalue weighted by atomic mass is 10.1. The predicted octanol–water partition coefficient (Wildman–Crippen LogP) is 3.23. The Morgan fingerprint density at radius 3 is 2.26 bits per heavy atom. The van der Waals surface area contributed by atoms with Crippen LogP contribution in [0.15, 0.2) is 42.5 Å². The summed E-state index contributed by atoms with van der Waals surface area (Å²) in [6.07, 6.45) is 0. The number of phenolic OH excluding ortho intramolecular Hbond substituents is 1. The van der Waals surface area contributed by atoms with E-state index in [1.165, 1.54) is 0 Å². The summed E-state index contributed by atoms with van der Waals surface area (Å²) >= 11 is 0. The summed E-state index contributed by atoms with van der Waals surface area (Å²) in [6.45, 7) is 4.96. The summed E-state index contributed by atoms with van der Waals surface area (Å²) in [4.78, 5) is 5.42. The molecule has 0 amide bonds. The Bertz CT molecular complexity index is 515. The van der Waals surface area contributed by atoms with Gasteiger partial charge in [0.15, 0.2) is 0 Å². The summed E-state index contributed by atoms with van der Waals surface area (Å²) in [5.41, 5.74) is 6.95. The number of hydroxylamine groups is 1. The molecule has 0 aliphatic rings. The van der Waals surface area contributed by atoms with Crippen LogP contribution in [-0.4, -0.2) is 5.11 Å². The third-order valence-electron chi connectivity index (χ3n) is 3.01. The number of aromatic hydroxyl groups is 1. The number of aryl methyl sites for hydroxylation is 2. The van der Waals surface area contributed by atoms with Crippen molar-refractivity contribution in [2.45, 2.75) is 27.0 Å². The van der Waals surface area contributed by atoms with Gasteiger partial charge >= 0.3 is 0 Å². The van der Waals surface area contributed by atoms with E-state index in [4.69, 9.17) is 4.84 Å². The van der Waals surface area contributed by atoms with Crippen LogP contribution in [0.1, 0.15) is 22.3 Å². The van der Waals surface area contributed by atoms with Crippen LogP contribution >= 0.6 is 0 Å². The van der Waals surface area contributed by atoms with Crippen molar-refractivity contribution in [1.29, 1.82) is 0 Å². The van der Waals surface area contributed by atoms with Gasteiger partial charge in [0.1, 0.15) is 5.75 Å². The Kier molecular flexibility index (Phi) is 4.55. The second kappa shape index (κ2) is 6.36. The molecule has 0 saturated heterocycles. The smallest absolute Gasteiger partial charge is 0.121 e. The van der Waals surface area contributed by atoms with Gasteiger partial charge in [-0.05, 0) is 36.1 Å². The molecular weight excluding hydrogens is 238 g/mol. The second-order valence-corrected chi connectivity index (χ2v) is 4.67. The maximum absolute atomic E-state index is 9.70. The van der Waals surface area contributed by atoms with Gasteiger partial charge in [-0.15, -0.1) is 0 Å². The minimum atomic E-state index is 0.369. The molecule has 2 aromatic rings. The Morgan fingerprint density at radius 1 is 1.00 bits per heavy atom. The number of phenols is 1. The third kappa shape index (κ3) is 3.81. The Balaban J connectivity index is 1.83. The van der Waals surface area contributed by atoms with Crippen molar-refractivity contribution < 1.29 is 9.94 Å². The zero-order valence-electron chi connectivity index (χ0n) is 11.3. The minimum absolute atomic E-state index is 0.369. The number of hydrogen-bond donors (Lipinski definition) is 2. The first kappa shape index (κ1) is 13.6. The average Bonchev–Trinajstić information content (AvgIpc) is 2.42. The highest BCUT2D eigenvalue weighted by Gasteiger charge is 2.03. The molecular formula is C16H19NO2. The van der Waals surface area contributed by atoms with Crippen LogP contribution in [0, 0.1) is 13.8 Å². The lowest BCUT2D eigenvalue weighted by molar-refractivity contribution is 0.0235. The topological polar surface area (TPSA) is 41.5 Å². The van der Waals surface area contributed by atoms with Crippen molar-refractivity contribution in [3.8, 4) is 5.75 Å². The van der Waals surface area contributed by atoms with Crippen molar-refractivity contribution in [2.24, 2.45) is 0 Å². The fourth-order valence-corrected chi connectivity index (χ4v) is 1.99. The molecule has 0 saturated carbocycles. The summed E-state index contributed by atoms with van der Waals surface area (Å²) < 4.78 is 0. The molecule has 3 heteroatoms. The molecule has 0 unspecified atom stereocenters. The van der Waals surface area contributed by atoms with E-state index >= 15 is 0 Å². The van der Waals surface area contributed by atoms with E-state index in [9.17, 15) is 5.11 Å². The molecule has 2 aromatic carbocycles. The first-order chi connectivity index (χ1) is 9.16. The fourth-order valence-electron chi connectivity index (χ4n) is 1.99. The summed E-state index contributed by atoms with van der Waals surface area (Å²) in [5.74, 6) is 0.369. The Labute approximate surface area is 113 Å². The van der Waals surface area contributed by atoms with Gasteiger partial charge in [0.2, 0.25) is 0 Å². The average molecular weight is 257 g/mol. The van der Waals surface area contributed by atoms with Gasteiger partial charge in [-0.1, -0.05) is 42.5 Å². The van der Waals surface area contributed by atoms with Crippen molar-refractivity contribution in [3.63, 3.8) is 0 Å². The van der Waals surface area contributed by atoms with Gasteiger partial charge in [-0.2, -0.15) is 5.48 Å². The first-order valence-corrected chi connectivity index (χ1v) is 6.34. The summed E-state index contributed by atoms with van der Waals surface area (Å²) in [6, 6.07) is 13.9. The molecule has 0 heterocycles. The lowest BCUT2D eigenvalue weighted by Crippen LogP contribution is -2.14. The monoisotopic (exact) mass is 257 g/mol. The van der Waals surface area contributed by atoms with E-state index < -0.39 is 0 Å². The highest BCUT2D eigenvalue weighted by atomic mass is 16.6. The van der Waals surface area contributed by atoms with E-state index in [1.807, 2.05) is 56.3 Å². The van der Waals surface area contributed by atoms with Gasteiger partial charge in [-0.25, -0.2) is 0 Å².